The van der Waals surface area contributed by atoms with Crippen molar-refractivity contribution in [2.45, 2.75) is 13.3 Å². The van der Waals surface area contributed by atoms with Crippen LogP contribution < -0.4 is 15.0 Å². The van der Waals surface area contributed by atoms with Crippen LogP contribution in [0.25, 0.3) is 0 Å². The standard InChI is InChI=1S/C15H22N2O4/c1-12(18)17(9-7-15(19)16-8-10-20-2)13-5-4-6-14(11-13)21-3/h4-6,11H,7-10H2,1-3H3,(H,16,19). The zero-order chi connectivity index (χ0) is 15.7. The lowest BCUT2D eigenvalue weighted by molar-refractivity contribution is -0.121. The highest BCUT2D eigenvalue weighted by Gasteiger charge is 2.13. The van der Waals surface area contributed by atoms with Crippen molar-refractivity contribution in [3.8, 4) is 5.75 Å². The van der Waals surface area contributed by atoms with Crippen LogP contribution in [0.15, 0.2) is 24.3 Å². The highest BCUT2D eigenvalue weighted by Crippen LogP contribution is 2.21. The second-order valence-corrected chi connectivity index (χ2v) is 4.46. The minimum atomic E-state index is -0.118. The highest BCUT2D eigenvalue weighted by atomic mass is 16.5. The van der Waals surface area contributed by atoms with E-state index < -0.39 is 0 Å². The van der Waals surface area contributed by atoms with Crippen LogP contribution in [-0.4, -0.2) is 45.7 Å². The quantitative estimate of drug-likeness (QED) is 0.732. The Morgan fingerprint density at radius 2 is 2.05 bits per heavy atom. The molecule has 0 radical (unpaired) electrons. The number of amides is 2. The second-order valence-electron chi connectivity index (χ2n) is 4.46. The molecule has 0 saturated heterocycles. The average Bonchev–Trinajstić information content (AvgIpc) is 2.47. The molecule has 0 aliphatic heterocycles. The van der Waals surface area contributed by atoms with Gasteiger partial charge in [0.2, 0.25) is 11.8 Å². The zero-order valence-corrected chi connectivity index (χ0v) is 12.7. The van der Waals surface area contributed by atoms with Crippen LogP contribution in [-0.2, 0) is 14.3 Å². The molecule has 0 aliphatic rings. The van der Waals surface area contributed by atoms with Crippen LogP contribution in [0.1, 0.15) is 13.3 Å². The first-order valence-electron chi connectivity index (χ1n) is 6.76. The number of nitrogens with one attached hydrogen (secondary N) is 1. The van der Waals surface area contributed by atoms with E-state index >= 15 is 0 Å². The van der Waals surface area contributed by atoms with E-state index in [9.17, 15) is 9.59 Å². The molecule has 6 nitrogen and oxygen atoms in total. The van der Waals surface area contributed by atoms with Gasteiger partial charge in [-0.2, -0.15) is 0 Å². The summed E-state index contributed by atoms with van der Waals surface area (Å²) in [6, 6.07) is 7.19. The number of nitrogens with zero attached hydrogens (tertiary/aromatic N) is 1. The van der Waals surface area contributed by atoms with E-state index in [2.05, 4.69) is 5.32 Å². The summed E-state index contributed by atoms with van der Waals surface area (Å²) in [5.41, 5.74) is 0.714. The topological polar surface area (TPSA) is 67.9 Å². The molecular weight excluding hydrogens is 272 g/mol. The Morgan fingerprint density at radius 1 is 1.29 bits per heavy atom. The maximum absolute atomic E-state index is 11.8. The van der Waals surface area contributed by atoms with Gasteiger partial charge in [-0.05, 0) is 12.1 Å². The van der Waals surface area contributed by atoms with Crippen molar-refractivity contribution in [3.05, 3.63) is 24.3 Å². The largest absolute Gasteiger partial charge is 0.497 e. The Kier molecular flexibility index (Phi) is 7.25. The molecule has 1 rings (SSSR count). The molecule has 0 aromatic heterocycles. The predicted octanol–water partition coefficient (Wildman–Crippen LogP) is 1.20. The smallest absolute Gasteiger partial charge is 0.223 e. The van der Waals surface area contributed by atoms with Gasteiger partial charge >= 0.3 is 0 Å². The summed E-state index contributed by atoms with van der Waals surface area (Å²) < 4.78 is 10.0. The predicted molar refractivity (Wildman–Crippen MR) is 80.5 cm³/mol. The van der Waals surface area contributed by atoms with Crippen molar-refractivity contribution < 1.29 is 19.1 Å². The molecule has 2 amide bonds. The van der Waals surface area contributed by atoms with Crippen LogP contribution in [0.4, 0.5) is 5.69 Å². The first kappa shape index (κ1) is 17.0. The number of carbonyl (C=O) groups is 2. The summed E-state index contributed by atoms with van der Waals surface area (Å²) in [4.78, 5) is 25.0. The van der Waals surface area contributed by atoms with E-state index in [0.29, 0.717) is 31.1 Å². The molecule has 0 saturated carbocycles. The van der Waals surface area contributed by atoms with E-state index in [-0.39, 0.29) is 18.2 Å². The molecule has 116 valence electrons. The Morgan fingerprint density at radius 3 is 2.67 bits per heavy atom. The molecule has 21 heavy (non-hydrogen) atoms. The Hall–Kier alpha value is -2.08. The minimum absolute atomic E-state index is 0.110. The number of ether oxygens (including phenoxy) is 2. The van der Waals surface area contributed by atoms with E-state index in [1.165, 1.54) is 6.92 Å². The fourth-order valence-electron chi connectivity index (χ4n) is 1.84. The summed E-state index contributed by atoms with van der Waals surface area (Å²) in [7, 11) is 3.15. The number of rotatable bonds is 8. The third kappa shape index (κ3) is 5.83. The SMILES string of the molecule is COCCNC(=O)CCN(C(C)=O)c1cccc(OC)c1. The lowest BCUT2D eigenvalue weighted by Gasteiger charge is -2.21. The normalized spacial score (nSPS) is 10.0. The molecule has 1 N–H and O–H groups in total. The molecule has 0 bridgehead atoms. The summed E-state index contributed by atoms with van der Waals surface area (Å²) in [6.45, 7) is 2.73. The summed E-state index contributed by atoms with van der Waals surface area (Å²) in [5, 5.41) is 2.73. The van der Waals surface area contributed by atoms with E-state index in [1.54, 1.807) is 31.3 Å². The molecule has 1 aromatic rings. The van der Waals surface area contributed by atoms with Crippen molar-refractivity contribution in [1.29, 1.82) is 0 Å². The zero-order valence-electron chi connectivity index (χ0n) is 12.7. The van der Waals surface area contributed by atoms with Gasteiger partial charge in [-0.1, -0.05) is 6.07 Å². The first-order valence-corrected chi connectivity index (χ1v) is 6.76. The third-order valence-electron chi connectivity index (χ3n) is 2.94. The van der Waals surface area contributed by atoms with Gasteiger partial charge in [-0.25, -0.2) is 0 Å². The van der Waals surface area contributed by atoms with Crippen LogP contribution in [0, 0.1) is 0 Å². The van der Waals surface area contributed by atoms with Crippen molar-refractivity contribution in [3.63, 3.8) is 0 Å². The number of hydrogen-bond acceptors (Lipinski definition) is 4. The second kappa shape index (κ2) is 8.97. The number of anilines is 1. The fourth-order valence-corrected chi connectivity index (χ4v) is 1.84. The van der Waals surface area contributed by atoms with Crippen LogP contribution in [0.3, 0.4) is 0 Å². The molecule has 1 aromatic carbocycles. The fraction of sp³-hybridized carbons (Fsp3) is 0.467. The van der Waals surface area contributed by atoms with Crippen LogP contribution in [0.2, 0.25) is 0 Å². The first-order chi connectivity index (χ1) is 10.1. The van der Waals surface area contributed by atoms with Crippen molar-refractivity contribution in [1.82, 2.24) is 5.32 Å². The van der Waals surface area contributed by atoms with E-state index in [4.69, 9.17) is 9.47 Å². The van der Waals surface area contributed by atoms with Gasteiger partial charge in [0.1, 0.15) is 5.75 Å². The minimum Gasteiger partial charge on any atom is -0.497 e. The molecular formula is C15H22N2O4. The lowest BCUT2D eigenvalue weighted by Crippen LogP contribution is -2.34. The van der Waals surface area contributed by atoms with E-state index in [1.807, 2.05) is 12.1 Å². The number of methoxy groups -OCH3 is 2. The Labute approximate surface area is 125 Å². The Balaban J connectivity index is 2.61. The lowest BCUT2D eigenvalue weighted by atomic mass is 10.2. The van der Waals surface area contributed by atoms with Crippen LogP contribution >= 0.6 is 0 Å². The van der Waals surface area contributed by atoms with Crippen molar-refractivity contribution >= 4 is 17.5 Å². The molecule has 0 heterocycles. The molecule has 6 heteroatoms. The van der Waals surface area contributed by atoms with Crippen LogP contribution in [0.5, 0.6) is 5.75 Å². The monoisotopic (exact) mass is 294 g/mol. The molecule has 0 spiro atoms. The number of hydrogen-bond donors (Lipinski definition) is 1. The van der Waals surface area contributed by atoms with Gasteiger partial charge < -0.3 is 19.7 Å². The van der Waals surface area contributed by atoms with Gasteiger partial charge in [0.05, 0.1) is 13.7 Å². The number of benzene rings is 1. The van der Waals surface area contributed by atoms with Gasteiger partial charge in [0.15, 0.2) is 0 Å². The molecule has 0 fully saturated rings. The maximum atomic E-state index is 11.8. The maximum Gasteiger partial charge on any atom is 0.223 e. The summed E-state index contributed by atoms with van der Waals surface area (Å²) in [6.07, 6.45) is 0.237. The van der Waals surface area contributed by atoms with Gasteiger partial charge in [-0.15, -0.1) is 0 Å². The van der Waals surface area contributed by atoms with Gasteiger partial charge in [0.25, 0.3) is 0 Å². The average molecular weight is 294 g/mol. The van der Waals surface area contributed by atoms with Crippen molar-refractivity contribution in [2.24, 2.45) is 0 Å². The Bertz CT molecular complexity index is 476. The summed E-state index contributed by atoms with van der Waals surface area (Å²) >= 11 is 0. The van der Waals surface area contributed by atoms with Gasteiger partial charge in [-0.3, -0.25) is 9.59 Å². The van der Waals surface area contributed by atoms with Gasteiger partial charge in [0, 0.05) is 45.3 Å². The molecule has 0 aliphatic carbocycles. The number of carbonyl (C=O) groups excluding carboxylic acids is 2. The van der Waals surface area contributed by atoms with E-state index in [0.717, 1.165) is 0 Å². The highest BCUT2D eigenvalue weighted by molar-refractivity contribution is 5.92. The summed E-state index contributed by atoms with van der Waals surface area (Å²) in [5.74, 6) is 0.442. The molecule has 0 atom stereocenters. The molecule has 0 unspecified atom stereocenters. The van der Waals surface area contributed by atoms with Crippen molar-refractivity contribution in [2.75, 3.05) is 38.8 Å². The third-order valence-corrected chi connectivity index (χ3v) is 2.94.